The lowest BCUT2D eigenvalue weighted by molar-refractivity contribution is -0.149. The highest BCUT2D eigenvalue weighted by Crippen LogP contribution is 2.27. The molecule has 1 aliphatic rings. The van der Waals surface area contributed by atoms with Crippen LogP contribution in [0.1, 0.15) is 38.7 Å². The second-order valence-corrected chi connectivity index (χ2v) is 7.91. The molecule has 1 aliphatic heterocycles. The fraction of sp³-hybridized carbons (Fsp3) is 0.526. The molecule has 2 amide bonds. The van der Waals surface area contributed by atoms with Gasteiger partial charge in [0.05, 0.1) is 5.25 Å². The topological polar surface area (TPSA) is 86.7 Å². The van der Waals surface area contributed by atoms with Crippen LogP contribution in [0.3, 0.4) is 0 Å². The van der Waals surface area contributed by atoms with Gasteiger partial charge >= 0.3 is 5.97 Å². The largest absolute Gasteiger partial charge is 0.480 e. The van der Waals surface area contributed by atoms with Crippen LogP contribution in [0.5, 0.6) is 0 Å². The number of carbonyl (C=O) groups excluding carboxylic acids is 2. The average molecular weight is 378 g/mol. The summed E-state index contributed by atoms with van der Waals surface area (Å²) in [6, 6.07) is 8.83. The van der Waals surface area contributed by atoms with Crippen LogP contribution in [-0.4, -0.2) is 51.2 Å². The summed E-state index contributed by atoms with van der Waals surface area (Å²) in [7, 11) is 0. The van der Waals surface area contributed by atoms with Gasteiger partial charge in [0, 0.05) is 5.54 Å². The molecular formula is C19H26N2O4S. The van der Waals surface area contributed by atoms with Gasteiger partial charge in [-0.1, -0.05) is 30.3 Å². The number of thiol groups is 1. The maximum absolute atomic E-state index is 12.8. The van der Waals surface area contributed by atoms with E-state index in [0.29, 0.717) is 19.3 Å². The summed E-state index contributed by atoms with van der Waals surface area (Å²) in [5, 5.41) is 11.3. The summed E-state index contributed by atoms with van der Waals surface area (Å²) >= 11 is 4.37. The zero-order valence-corrected chi connectivity index (χ0v) is 16.0. The summed E-state index contributed by atoms with van der Waals surface area (Å²) in [6.45, 7) is 3.34. The molecule has 2 rings (SSSR count). The third-order valence-corrected chi connectivity index (χ3v) is 5.18. The van der Waals surface area contributed by atoms with Crippen molar-refractivity contribution in [1.29, 1.82) is 0 Å². The molecule has 0 spiro atoms. The number of hydrogen-bond acceptors (Lipinski definition) is 4. The summed E-state index contributed by atoms with van der Waals surface area (Å²) < 4.78 is 0. The molecule has 0 bridgehead atoms. The Morgan fingerprint density at radius 3 is 2.62 bits per heavy atom. The van der Waals surface area contributed by atoms with Gasteiger partial charge in [-0.2, -0.15) is 12.6 Å². The Morgan fingerprint density at radius 1 is 1.35 bits per heavy atom. The number of benzene rings is 1. The van der Waals surface area contributed by atoms with Gasteiger partial charge in [0.25, 0.3) is 0 Å². The van der Waals surface area contributed by atoms with Crippen molar-refractivity contribution < 1.29 is 19.5 Å². The number of carbonyl (C=O) groups is 3. The van der Waals surface area contributed by atoms with E-state index in [9.17, 15) is 14.4 Å². The molecule has 0 aromatic heterocycles. The highest BCUT2D eigenvalue weighted by atomic mass is 32.1. The van der Waals surface area contributed by atoms with Gasteiger partial charge in [0.15, 0.2) is 0 Å². The number of carboxylic acid groups (broad SMARTS) is 1. The third-order valence-electron chi connectivity index (χ3n) is 4.76. The van der Waals surface area contributed by atoms with E-state index in [1.54, 1.807) is 0 Å². The van der Waals surface area contributed by atoms with E-state index in [1.165, 1.54) is 4.90 Å². The fourth-order valence-electron chi connectivity index (χ4n) is 3.24. The minimum atomic E-state index is -1.06. The molecule has 1 aromatic rings. The van der Waals surface area contributed by atoms with E-state index >= 15 is 0 Å². The Hall–Kier alpha value is -2.02. The molecule has 1 fully saturated rings. The Labute approximate surface area is 159 Å². The second-order valence-electron chi connectivity index (χ2n) is 7.29. The number of likely N-dealkylation sites (tertiary alicyclic amines) is 1. The second kappa shape index (κ2) is 8.58. The number of carboxylic acids is 1. The van der Waals surface area contributed by atoms with Crippen LogP contribution in [0.4, 0.5) is 0 Å². The van der Waals surface area contributed by atoms with Crippen molar-refractivity contribution >= 4 is 30.4 Å². The number of nitrogens with one attached hydrogen (secondary N) is 1. The minimum Gasteiger partial charge on any atom is -0.480 e. The van der Waals surface area contributed by atoms with E-state index < -0.39 is 22.8 Å². The molecule has 6 nitrogen and oxygen atoms in total. The number of aliphatic carboxylic acids is 1. The van der Waals surface area contributed by atoms with Crippen LogP contribution < -0.4 is 5.32 Å². The van der Waals surface area contributed by atoms with Gasteiger partial charge in [0.2, 0.25) is 11.8 Å². The molecule has 2 atom stereocenters. The lowest BCUT2D eigenvalue weighted by Crippen LogP contribution is -2.56. The van der Waals surface area contributed by atoms with Gasteiger partial charge in [-0.3, -0.25) is 14.4 Å². The van der Waals surface area contributed by atoms with Crippen LogP contribution >= 0.6 is 12.6 Å². The van der Waals surface area contributed by atoms with Crippen LogP contribution in [-0.2, 0) is 20.8 Å². The first-order valence-corrected chi connectivity index (χ1v) is 9.28. The van der Waals surface area contributed by atoms with E-state index in [2.05, 4.69) is 17.9 Å². The Balaban J connectivity index is 2.05. The Kier molecular flexibility index (Phi) is 6.69. The molecule has 0 radical (unpaired) electrons. The molecule has 2 N–H and O–H groups in total. The Bertz CT molecular complexity index is 663. The van der Waals surface area contributed by atoms with Crippen molar-refractivity contribution in [1.82, 2.24) is 10.2 Å². The van der Waals surface area contributed by atoms with Crippen molar-refractivity contribution in [2.75, 3.05) is 6.54 Å². The quantitative estimate of drug-likeness (QED) is 0.660. The average Bonchev–Trinajstić information content (AvgIpc) is 2.67. The summed E-state index contributed by atoms with van der Waals surface area (Å²) in [6.07, 6.45) is 2.37. The monoisotopic (exact) mass is 378 g/mol. The van der Waals surface area contributed by atoms with Crippen LogP contribution in [0.15, 0.2) is 30.3 Å². The predicted molar refractivity (Wildman–Crippen MR) is 102 cm³/mol. The zero-order chi connectivity index (χ0) is 19.3. The lowest BCUT2D eigenvalue weighted by Gasteiger charge is -2.37. The summed E-state index contributed by atoms with van der Waals surface area (Å²) in [4.78, 5) is 37.8. The van der Waals surface area contributed by atoms with Gasteiger partial charge in [0.1, 0.15) is 12.6 Å². The number of nitrogens with zero attached hydrogens (tertiary/aromatic N) is 1. The van der Waals surface area contributed by atoms with E-state index in [-0.39, 0.29) is 18.4 Å². The van der Waals surface area contributed by atoms with Gasteiger partial charge in [-0.25, -0.2) is 0 Å². The van der Waals surface area contributed by atoms with Crippen molar-refractivity contribution in [3.63, 3.8) is 0 Å². The van der Waals surface area contributed by atoms with Gasteiger partial charge < -0.3 is 15.3 Å². The van der Waals surface area contributed by atoms with Crippen molar-refractivity contribution in [2.45, 2.75) is 56.4 Å². The maximum atomic E-state index is 12.8. The number of rotatable bonds is 6. The zero-order valence-electron chi connectivity index (χ0n) is 15.1. The minimum absolute atomic E-state index is 0.314. The smallest absolute Gasteiger partial charge is 0.323 e. The maximum Gasteiger partial charge on any atom is 0.323 e. The molecule has 1 heterocycles. The third kappa shape index (κ3) is 5.24. The van der Waals surface area contributed by atoms with Crippen molar-refractivity contribution in [2.24, 2.45) is 0 Å². The molecule has 142 valence electrons. The predicted octanol–water partition coefficient (Wildman–Crippen LogP) is 1.89. The fourth-order valence-corrected chi connectivity index (χ4v) is 3.53. The van der Waals surface area contributed by atoms with Crippen molar-refractivity contribution in [3.05, 3.63) is 35.9 Å². The summed E-state index contributed by atoms with van der Waals surface area (Å²) in [5.41, 5.74) is 0.433. The molecular weight excluding hydrogens is 352 g/mol. The van der Waals surface area contributed by atoms with Gasteiger partial charge in [-0.05, 0) is 45.1 Å². The molecule has 26 heavy (non-hydrogen) atoms. The first-order valence-electron chi connectivity index (χ1n) is 8.76. The lowest BCUT2D eigenvalue weighted by atomic mass is 9.97. The standard InChI is InChI=1S/C19H26N2O4S/c1-19(2)10-6-9-14(18(25)21(19)12-16(22)23)20-17(24)15(26)11-13-7-4-3-5-8-13/h3-5,7-8,14-15,26H,6,9-12H2,1-2H3,(H,20,24)(H,22,23)/t14-,15+/m0/s1. The number of hydrogen-bond donors (Lipinski definition) is 3. The summed E-state index contributed by atoms with van der Waals surface area (Å²) in [5.74, 6) is -1.72. The van der Waals surface area contributed by atoms with Crippen LogP contribution in [0, 0.1) is 0 Å². The normalized spacial score (nSPS) is 21.0. The highest BCUT2D eigenvalue weighted by molar-refractivity contribution is 7.81. The van der Waals surface area contributed by atoms with E-state index in [4.69, 9.17) is 5.11 Å². The number of amides is 2. The SMILES string of the molecule is CC1(C)CCC[C@H](NC(=O)[C@H](S)Cc2ccccc2)C(=O)N1CC(=O)O. The van der Waals surface area contributed by atoms with Crippen molar-refractivity contribution in [3.8, 4) is 0 Å². The Morgan fingerprint density at radius 2 is 2.00 bits per heavy atom. The molecule has 7 heteroatoms. The molecule has 0 saturated carbocycles. The molecule has 0 unspecified atom stereocenters. The molecule has 1 aromatic carbocycles. The van der Waals surface area contributed by atoms with Crippen LogP contribution in [0.25, 0.3) is 0 Å². The van der Waals surface area contributed by atoms with Crippen LogP contribution in [0.2, 0.25) is 0 Å². The van der Waals surface area contributed by atoms with E-state index in [0.717, 1.165) is 12.0 Å². The molecule has 1 saturated heterocycles. The van der Waals surface area contributed by atoms with Gasteiger partial charge in [-0.15, -0.1) is 0 Å². The molecule has 0 aliphatic carbocycles. The first kappa shape index (κ1) is 20.3. The highest BCUT2D eigenvalue weighted by Gasteiger charge is 2.39. The first-order chi connectivity index (χ1) is 12.2. The van der Waals surface area contributed by atoms with E-state index in [1.807, 2.05) is 44.2 Å².